The summed E-state index contributed by atoms with van der Waals surface area (Å²) < 4.78 is 5.33. The number of nitrogens with one attached hydrogen (secondary N) is 1. The predicted octanol–water partition coefficient (Wildman–Crippen LogP) is 4.15. The lowest BCUT2D eigenvalue weighted by Crippen LogP contribution is -2.13. The zero-order valence-corrected chi connectivity index (χ0v) is 12.6. The molecule has 22 heavy (non-hydrogen) atoms. The van der Waals surface area contributed by atoms with Gasteiger partial charge >= 0.3 is 0 Å². The summed E-state index contributed by atoms with van der Waals surface area (Å²) in [4.78, 5) is 16.5. The minimum atomic E-state index is -0.294. The average Bonchev–Trinajstić information content (AvgIpc) is 2.55. The van der Waals surface area contributed by atoms with E-state index in [1.807, 2.05) is 30.3 Å². The van der Waals surface area contributed by atoms with Crippen LogP contribution < -0.4 is 10.1 Å². The second-order valence-corrected chi connectivity index (χ2v) is 5.05. The first-order valence-corrected chi connectivity index (χ1v) is 7.05. The topological polar surface area (TPSA) is 51.2 Å². The Bertz CT molecular complexity index is 849. The summed E-state index contributed by atoms with van der Waals surface area (Å²) in [5.74, 6) is 0.216. The molecule has 1 heterocycles. The van der Waals surface area contributed by atoms with Crippen molar-refractivity contribution < 1.29 is 9.53 Å². The number of carbonyl (C=O) groups excluding carboxylic acids is 1. The SMILES string of the molecule is COc1cc2ccccc2cc1C(=O)Nc1cccnc1Cl. The number of carbonyl (C=O) groups is 1. The van der Waals surface area contributed by atoms with Crippen LogP contribution in [-0.2, 0) is 0 Å². The summed E-state index contributed by atoms with van der Waals surface area (Å²) in [6.07, 6.45) is 1.56. The van der Waals surface area contributed by atoms with Gasteiger partial charge in [0, 0.05) is 6.20 Å². The number of amides is 1. The lowest BCUT2D eigenvalue weighted by atomic mass is 10.1. The number of anilines is 1. The van der Waals surface area contributed by atoms with Crippen LogP contribution in [0.15, 0.2) is 54.7 Å². The summed E-state index contributed by atoms with van der Waals surface area (Å²) in [6.45, 7) is 0. The molecule has 5 heteroatoms. The predicted molar refractivity (Wildman–Crippen MR) is 87.7 cm³/mol. The number of nitrogens with zero attached hydrogens (tertiary/aromatic N) is 1. The first-order chi connectivity index (χ1) is 10.7. The van der Waals surface area contributed by atoms with E-state index in [4.69, 9.17) is 16.3 Å². The van der Waals surface area contributed by atoms with E-state index in [9.17, 15) is 4.79 Å². The molecule has 1 aromatic heterocycles. The van der Waals surface area contributed by atoms with Gasteiger partial charge in [0.1, 0.15) is 5.75 Å². The van der Waals surface area contributed by atoms with Gasteiger partial charge in [0.15, 0.2) is 5.15 Å². The molecule has 0 radical (unpaired) electrons. The van der Waals surface area contributed by atoms with E-state index >= 15 is 0 Å². The maximum atomic E-state index is 12.5. The van der Waals surface area contributed by atoms with Crippen molar-refractivity contribution in [2.24, 2.45) is 0 Å². The van der Waals surface area contributed by atoms with Gasteiger partial charge in [-0.3, -0.25) is 4.79 Å². The van der Waals surface area contributed by atoms with Crippen molar-refractivity contribution in [1.82, 2.24) is 4.98 Å². The molecule has 0 spiro atoms. The smallest absolute Gasteiger partial charge is 0.259 e. The molecular formula is C17H13ClN2O2. The van der Waals surface area contributed by atoms with Gasteiger partial charge in [0.05, 0.1) is 18.4 Å². The molecule has 0 aliphatic carbocycles. The molecule has 4 nitrogen and oxygen atoms in total. The highest BCUT2D eigenvalue weighted by Crippen LogP contribution is 2.27. The monoisotopic (exact) mass is 312 g/mol. The Balaban J connectivity index is 2.01. The number of ether oxygens (including phenoxy) is 1. The fourth-order valence-electron chi connectivity index (χ4n) is 2.23. The van der Waals surface area contributed by atoms with Crippen LogP contribution in [0.25, 0.3) is 10.8 Å². The lowest BCUT2D eigenvalue weighted by Gasteiger charge is -2.11. The molecule has 0 saturated carbocycles. The third kappa shape index (κ3) is 2.73. The Morgan fingerprint density at radius 3 is 2.55 bits per heavy atom. The highest BCUT2D eigenvalue weighted by Gasteiger charge is 2.15. The van der Waals surface area contributed by atoms with Crippen molar-refractivity contribution in [3.63, 3.8) is 0 Å². The van der Waals surface area contributed by atoms with Gasteiger partial charge in [-0.15, -0.1) is 0 Å². The Morgan fingerprint density at radius 1 is 1.14 bits per heavy atom. The highest BCUT2D eigenvalue weighted by atomic mass is 35.5. The van der Waals surface area contributed by atoms with Crippen molar-refractivity contribution in [3.05, 3.63) is 65.4 Å². The number of pyridine rings is 1. The van der Waals surface area contributed by atoms with Crippen LogP contribution >= 0.6 is 11.6 Å². The Hall–Kier alpha value is -2.59. The molecule has 1 amide bonds. The summed E-state index contributed by atoms with van der Waals surface area (Å²) in [5.41, 5.74) is 0.908. The first kappa shape index (κ1) is 14.4. The summed E-state index contributed by atoms with van der Waals surface area (Å²) in [5, 5.41) is 4.97. The standard InChI is InChI=1S/C17H13ClN2O2/c1-22-15-10-12-6-3-2-5-11(12)9-13(15)17(21)20-14-7-4-8-19-16(14)18/h2-10H,1H3,(H,20,21). The van der Waals surface area contributed by atoms with Crippen LogP contribution in [0.1, 0.15) is 10.4 Å². The number of benzene rings is 2. The summed E-state index contributed by atoms with van der Waals surface area (Å²) >= 11 is 5.97. The fourth-order valence-corrected chi connectivity index (χ4v) is 2.40. The van der Waals surface area contributed by atoms with Crippen LogP contribution in [0, 0.1) is 0 Å². The van der Waals surface area contributed by atoms with Crippen molar-refractivity contribution >= 4 is 34.0 Å². The molecule has 0 saturated heterocycles. The van der Waals surface area contributed by atoms with E-state index < -0.39 is 0 Å². The van der Waals surface area contributed by atoms with Crippen LogP contribution in [0.2, 0.25) is 5.15 Å². The minimum Gasteiger partial charge on any atom is -0.496 e. The summed E-state index contributed by atoms with van der Waals surface area (Å²) in [6, 6.07) is 14.8. The molecule has 0 unspecified atom stereocenters. The third-order valence-electron chi connectivity index (χ3n) is 3.32. The largest absolute Gasteiger partial charge is 0.496 e. The third-order valence-corrected chi connectivity index (χ3v) is 3.62. The zero-order chi connectivity index (χ0) is 15.5. The van der Waals surface area contributed by atoms with E-state index in [1.165, 1.54) is 7.11 Å². The molecule has 0 atom stereocenters. The average molecular weight is 313 g/mol. The molecule has 0 fully saturated rings. The van der Waals surface area contributed by atoms with Gasteiger partial charge in [-0.25, -0.2) is 4.98 Å². The Labute approximate surface area is 132 Å². The molecule has 2 aromatic carbocycles. The number of hydrogen-bond acceptors (Lipinski definition) is 3. The maximum absolute atomic E-state index is 12.5. The lowest BCUT2D eigenvalue weighted by molar-refractivity contribution is 0.102. The Kier molecular flexibility index (Phi) is 3.94. The van der Waals surface area contributed by atoms with E-state index in [-0.39, 0.29) is 11.1 Å². The summed E-state index contributed by atoms with van der Waals surface area (Å²) in [7, 11) is 1.54. The molecule has 0 bridgehead atoms. The Morgan fingerprint density at radius 2 is 1.86 bits per heavy atom. The zero-order valence-electron chi connectivity index (χ0n) is 11.8. The first-order valence-electron chi connectivity index (χ1n) is 6.67. The number of fused-ring (bicyclic) bond motifs is 1. The quantitative estimate of drug-likeness (QED) is 0.739. The van der Waals surface area contributed by atoms with Gasteiger partial charge in [0.25, 0.3) is 5.91 Å². The van der Waals surface area contributed by atoms with Gasteiger partial charge in [0.2, 0.25) is 0 Å². The van der Waals surface area contributed by atoms with Crippen LogP contribution in [0.4, 0.5) is 5.69 Å². The van der Waals surface area contributed by atoms with Crippen molar-refractivity contribution in [2.45, 2.75) is 0 Å². The molecule has 0 aliphatic rings. The van der Waals surface area contributed by atoms with Gasteiger partial charge in [-0.1, -0.05) is 35.9 Å². The minimum absolute atomic E-state index is 0.246. The highest BCUT2D eigenvalue weighted by molar-refractivity contribution is 6.32. The molecule has 110 valence electrons. The van der Waals surface area contributed by atoms with E-state index in [0.29, 0.717) is 17.0 Å². The van der Waals surface area contributed by atoms with E-state index in [1.54, 1.807) is 24.4 Å². The maximum Gasteiger partial charge on any atom is 0.259 e. The number of methoxy groups -OCH3 is 1. The van der Waals surface area contributed by atoms with Gasteiger partial charge in [-0.05, 0) is 35.0 Å². The number of halogens is 1. The number of rotatable bonds is 3. The number of aromatic nitrogens is 1. The molecular weight excluding hydrogens is 300 g/mol. The van der Waals surface area contributed by atoms with Crippen molar-refractivity contribution in [2.75, 3.05) is 12.4 Å². The second kappa shape index (κ2) is 6.03. The fraction of sp³-hybridized carbons (Fsp3) is 0.0588. The van der Waals surface area contributed by atoms with E-state index in [2.05, 4.69) is 10.3 Å². The molecule has 0 aliphatic heterocycles. The van der Waals surface area contributed by atoms with Gasteiger partial charge < -0.3 is 10.1 Å². The number of hydrogen-bond donors (Lipinski definition) is 1. The van der Waals surface area contributed by atoms with Crippen LogP contribution in [0.3, 0.4) is 0 Å². The molecule has 3 rings (SSSR count). The van der Waals surface area contributed by atoms with Gasteiger partial charge in [-0.2, -0.15) is 0 Å². The normalized spacial score (nSPS) is 10.5. The van der Waals surface area contributed by atoms with E-state index in [0.717, 1.165) is 10.8 Å². The van der Waals surface area contributed by atoms with Crippen LogP contribution in [-0.4, -0.2) is 18.0 Å². The van der Waals surface area contributed by atoms with Crippen molar-refractivity contribution in [3.8, 4) is 5.75 Å². The molecule has 1 N–H and O–H groups in total. The second-order valence-electron chi connectivity index (χ2n) is 4.70. The van der Waals surface area contributed by atoms with Crippen LogP contribution in [0.5, 0.6) is 5.75 Å². The molecule has 3 aromatic rings. The van der Waals surface area contributed by atoms with Crippen molar-refractivity contribution in [1.29, 1.82) is 0 Å².